The van der Waals surface area contributed by atoms with Gasteiger partial charge in [-0.3, -0.25) is 20.1 Å². The van der Waals surface area contributed by atoms with Crippen molar-refractivity contribution in [1.29, 1.82) is 0 Å². The molecule has 0 aliphatic rings. The number of nitrogens with zero attached hydrogens (tertiary/aromatic N) is 5. The number of hydrogen-bond acceptors (Lipinski definition) is 5. The highest BCUT2D eigenvalue weighted by atomic mass is 15.2. The maximum atomic E-state index is 4.47. The molecule has 0 aromatic carbocycles. The Kier molecular flexibility index (Phi) is 3.32. The van der Waals surface area contributed by atoms with Crippen molar-refractivity contribution in [2.75, 3.05) is 0 Å². The van der Waals surface area contributed by atoms with E-state index < -0.39 is 0 Å². The highest BCUT2D eigenvalue weighted by Crippen LogP contribution is 2.20. The average Bonchev–Trinajstić information content (AvgIpc) is 3.14. The number of aromatic amines is 1. The van der Waals surface area contributed by atoms with Crippen LogP contribution in [0.15, 0.2) is 67.1 Å². The predicted octanol–water partition coefficient (Wildman–Crippen LogP) is 2.99. The van der Waals surface area contributed by atoms with Crippen LogP contribution in [0.4, 0.5) is 0 Å². The van der Waals surface area contributed by atoms with Gasteiger partial charge in [0.15, 0.2) is 11.6 Å². The van der Waals surface area contributed by atoms with Crippen LogP contribution in [0.5, 0.6) is 0 Å². The highest BCUT2D eigenvalue weighted by Gasteiger charge is 2.09. The van der Waals surface area contributed by atoms with E-state index in [1.165, 1.54) is 0 Å². The lowest BCUT2D eigenvalue weighted by molar-refractivity contribution is 1.09. The van der Waals surface area contributed by atoms with E-state index in [0.717, 1.165) is 22.6 Å². The fourth-order valence-corrected chi connectivity index (χ4v) is 2.20. The molecule has 0 radical (unpaired) electrons. The second-order valence-electron chi connectivity index (χ2n) is 4.87. The van der Waals surface area contributed by atoms with Gasteiger partial charge in [-0.05, 0) is 36.4 Å². The average molecular weight is 300 g/mol. The zero-order valence-corrected chi connectivity index (χ0v) is 12.1. The minimum atomic E-state index is 0.589. The van der Waals surface area contributed by atoms with Crippen molar-refractivity contribution in [3.8, 4) is 34.3 Å². The third-order valence-corrected chi connectivity index (χ3v) is 3.34. The first-order chi connectivity index (χ1) is 11.4. The summed E-state index contributed by atoms with van der Waals surface area (Å²) in [7, 11) is 0. The van der Waals surface area contributed by atoms with Crippen LogP contribution in [0.2, 0.25) is 0 Å². The molecule has 4 aromatic rings. The van der Waals surface area contributed by atoms with Crippen LogP contribution in [0.25, 0.3) is 34.3 Å². The van der Waals surface area contributed by atoms with Gasteiger partial charge in [0, 0.05) is 24.2 Å². The normalized spacial score (nSPS) is 10.6. The van der Waals surface area contributed by atoms with Gasteiger partial charge in [0.1, 0.15) is 5.69 Å². The molecular weight excluding hydrogens is 288 g/mol. The molecule has 23 heavy (non-hydrogen) atoms. The van der Waals surface area contributed by atoms with Crippen LogP contribution in [-0.4, -0.2) is 30.1 Å². The maximum Gasteiger partial charge on any atom is 0.183 e. The van der Waals surface area contributed by atoms with Crippen LogP contribution >= 0.6 is 0 Å². The molecule has 4 aromatic heterocycles. The largest absolute Gasteiger partial charge is 0.257 e. The van der Waals surface area contributed by atoms with Gasteiger partial charge in [0.25, 0.3) is 0 Å². The van der Waals surface area contributed by atoms with E-state index in [-0.39, 0.29) is 0 Å². The number of hydrogen-bond donors (Lipinski definition) is 1. The van der Waals surface area contributed by atoms with E-state index in [0.29, 0.717) is 11.6 Å². The third kappa shape index (κ3) is 2.69. The lowest BCUT2D eigenvalue weighted by atomic mass is 10.2. The number of nitrogens with one attached hydrogen (secondary N) is 1. The molecule has 4 rings (SSSR count). The number of H-pyrrole nitrogens is 1. The third-order valence-electron chi connectivity index (χ3n) is 3.34. The van der Waals surface area contributed by atoms with Gasteiger partial charge >= 0.3 is 0 Å². The monoisotopic (exact) mass is 300 g/mol. The summed E-state index contributed by atoms with van der Waals surface area (Å²) < 4.78 is 0. The Bertz CT molecular complexity index is 901. The maximum absolute atomic E-state index is 4.47. The number of rotatable bonds is 3. The second-order valence-corrected chi connectivity index (χ2v) is 4.87. The lowest BCUT2D eigenvalue weighted by Crippen LogP contribution is -1.88. The molecule has 0 amide bonds. The predicted molar refractivity (Wildman–Crippen MR) is 86.1 cm³/mol. The van der Waals surface area contributed by atoms with Gasteiger partial charge in [-0.15, -0.1) is 0 Å². The lowest BCUT2D eigenvalue weighted by Gasteiger charge is -2.00. The van der Waals surface area contributed by atoms with Gasteiger partial charge in [-0.1, -0.05) is 12.1 Å². The molecule has 0 fully saturated rings. The van der Waals surface area contributed by atoms with Gasteiger partial charge in [-0.25, -0.2) is 4.98 Å². The standard InChI is InChI=1S/C17H12N6/c1-3-9-18-13(5-1)14-8-7-12(11-20-14)16-21-17(23-22-16)15-6-2-4-10-19-15/h1-11H,(H,21,22,23). The summed E-state index contributed by atoms with van der Waals surface area (Å²) in [6, 6.07) is 15.2. The summed E-state index contributed by atoms with van der Waals surface area (Å²) in [5.74, 6) is 1.22. The van der Waals surface area contributed by atoms with Crippen LogP contribution < -0.4 is 0 Å². The number of pyridine rings is 3. The van der Waals surface area contributed by atoms with E-state index in [1.807, 2.05) is 48.5 Å². The van der Waals surface area contributed by atoms with Gasteiger partial charge in [-0.2, -0.15) is 5.10 Å². The Morgan fingerprint density at radius 1 is 0.696 bits per heavy atom. The molecule has 110 valence electrons. The minimum Gasteiger partial charge on any atom is -0.257 e. The topological polar surface area (TPSA) is 80.2 Å². The minimum absolute atomic E-state index is 0.589. The molecule has 4 heterocycles. The first-order valence-corrected chi connectivity index (χ1v) is 7.12. The molecule has 0 aliphatic heterocycles. The zero-order valence-electron chi connectivity index (χ0n) is 12.1. The Hall–Kier alpha value is -3.41. The molecule has 0 atom stereocenters. The number of aromatic nitrogens is 6. The van der Waals surface area contributed by atoms with Crippen LogP contribution in [0.1, 0.15) is 0 Å². The van der Waals surface area contributed by atoms with E-state index in [4.69, 9.17) is 0 Å². The van der Waals surface area contributed by atoms with Crippen molar-refractivity contribution in [1.82, 2.24) is 30.1 Å². The summed E-state index contributed by atoms with van der Waals surface area (Å²) in [5, 5.41) is 7.14. The highest BCUT2D eigenvalue weighted by molar-refractivity contribution is 5.62. The van der Waals surface area contributed by atoms with E-state index in [9.17, 15) is 0 Å². The molecule has 0 saturated heterocycles. The Balaban J connectivity index is 1.63. The summed E-state index contributed by atoms with van der Waals surface area (Å²) >= 11 is 0. The van der Waals surface area contributed by atoms with Crippen molar-refractivity contribution >= 4 is 0 Å². The van der Waals surface area contributed by atoms with Crippen molar-refractivity contribution in [3.63, 3.8) is 0 Å². The van der Waals surface area contributed by atoms with Gasteiger partial charge < -0.3 is 0 Å². The molecule has 6 heteroatoms. The molecule has 0 spiro atoms. The molecule has 0 saturated carbocycles. The smallest absolute Gasteiger partial charge is 0.183 e. The van der Waals surface area contributed by atoms with Gasteiger partial charge in [0.2, 0.25) is 0 Å². The Labute approximate surface area is 132 Å². The van der Waals surface area contributed by atoms with Crippen molar-refractivity contribution in [3.05, 3.63) is 67.1 Å². The van der Waals surface area contributed by atoms with E-state index in [2.05, 4.69) is 30.1 Å². The van der Waals surface area contributed by atoms with Crippen molar-refractivity contribution < 1.29 is 0 Å². The SMILES string of the molecule is c1ccc(-c2ccc(-c3n[nH]c(-c4ccccn4)n3)cn2)nc1. The molecule has 1 N–H and O–H groups in total. The quantitative estimate of drug-likeness (QED) is 0.629. The van der Waals surface area contributed by atoms with Crippen molar-refractivity contribution in [2.24, 2.45) is 0 Å². The molecular formula is C17H12N6. The summed E-state index contributed by atoms with van der Waals surface area (Å²) in [4.78, 5) is 17.4. The Morgan fingerprint density at radius 3 is 2.09 bits per heavy atom. The second kappa shape index (κ2) is 5.76. The van der Waals surface area contributed by atoms with E-state index in [1.54, 1.807) is 18.6 Å². The zero-order chi connectivity index (χ0) is 15.5. The molecule has 6 nitrogen and oxygen atoms in total. The molecule has 0 aliphatic carbocycles. The fraction of sp³-hybridized carbons (Fsp3) is 0. The van der Waals surface area contributed by atoms with E-state index >= 15 is 0 Å². The van der Waals surface area contributed by atoms with Crippen LogP contribution in [0, 0.1) is 0 Å². The molecule has 0 bridgehead atoms. The van der Waals surface area contributed by atoms with Crippen molar-refractivity contribution in [2.45, 2.75) is 0 Å². The molecule has 0 unspecified atom stereocenters. The fourth-order valence-electron chi connectivity index (χ4n) is 2.20. The van der Waals surface area contributed by atoms with Crippen LogP contribution in [0.3, 0.4) is 0 Å². The Morgan fingerprint density at radius 2 is 1.43 bits per heavy atom. The summed E-state index contributed by atoms with van der Waals surface area (Å²) in [6.07, 6.45) is 5.22. The van der Waals surface area contributed by atoms with Crippen LogP contribution in [-0.2, 0) is 0 Å². The first kappa shape index (κ1) is 13.3. The first-order valence-electron chi connectivity index (χ1n) is 7.12. The summed E-state index contributed by atoms with van der Waals surface area (Å²) in [5.41, 5.74) is 3.24. The van der Waals surface area contributed by atoms with Gasteiger partial charge in [0.05, 0.1) is 11.4 Å². The summed E-state index contributed by atoms with van der Waals surface area (Å²) in [6.45, 7) is 0.